The number of hydrogen-bond donors (Lipinski definition) is 0. The standard InChI is InChI=1S/C8H5F3/c9-7-4-2-1-3-6(7)5-8(10)11/h1-5H. The molecule has 0 aliphatic heterocycles. The topological polar surface area (TPSA) is 0 Å². The third-order valence-corrected chi connectivity index (χ3v) is 1.17. The van der Waals surface area contributed by atoms with Crippen LogP contribution in [0, 0.1) is 5.82 Å². The molecule has 11 heavy (non-hydrogen) atoms. The van der Waals surface area contributed by atoms with Crippen LogP contribution in [-0.2, 0) is 0 Å². The zero-order chi connectivity index (χ0) is 8.27. The van der Waals surface area contributed by atoms with Gasteiger partial charge in [-0.05, 0) is 6.07 Å². The van der Waals surface area contributed by atoms with E-state index >= 15 is 0 Å². The quantitative estimate of drug-likeness (QED) is 0.589. The highest BCUT2D eigenvalue weighted by Gasteiger charge is 1.97. The van der Waals surface area contributed by atoms with Gasteiger partial charge < -0.3 is 0 Å². The monoisotopic (exact) mass is 158 g/mol. The van der Waals surface area contributed by atoms with E-state index in [-0.39, 0.29) is 5.56 Å². The molecule has 0 atom stereocenters. The Labute approximate surface area is 62.0 Å². The number of hydrogen-bond acceptors (Lipinski definition) is 0. The van der Waals surface area contributed by atoms with Crippen LogP contribution in [0.3, 0.4) is 0 Å². The summed E-state index contributed by atoms with van der Waals surface area (Å²) >= 11 is 0. The Bertz CT molecular complexity index is 274. The molecular formula is C8H5F3. The van der Waals surface area contributed by atoms with E-state index < -0.39 is 11.9 Å². The van der Waals surface area contributed by atoms with Crippen molar-refractivity contribution in [2.45, 2.75) is 0 Å². The van der Waals surface area contributed by atoms with Gasteiger partial charge in [0.1, 0.15) is 5.82 Å². The van der Waals surface area contributed by atoms with Crippen molar-refractivity contribution >= 4 is 6.08 Å². The average Bonchev–Trinajstić information content (AvgIpc) is 1.93. The van der Waals surface area contributed by atoms with Gasteiger partial charge >= 0.3 is 0 Å². The van der Waals surface area contributed by atoms with E-state index in [1.165, 1.54) is 18.2 Å². The van der Waals surface area contributed by atoms with Gasteiger partial charge in [-0.1, -0.05) is 18.2 Å². The molecule has 0 amide bonds. The number of rotatable bonds is 1. The Hall–Kier alpha value is -1.25. The molecule has 1 aromatic carbocycles. The maximum absolute atomic E-state index is 12.6. The first-order chi connectivity index (χ1) is 5.20. The predicted molar refractivity (Wildman–Crippen MR) is 36.6 cm³/mol. The van der Waals surface area contributed by atoms with Crippen LogP contribution in [-0.4, -0.2) is 0 Å². The fraction of sp³-hybridized carbons (Fsp3) is 0. The molecule has 0 aromatic heterocycles. The molecule has 3 heteroatoms. The second-order valence-electron chi connectivity index (χ2n) is 1.96. The van der Waals surface area contributed by atoms with Gasteiger partial charge in [0.25, 0.3) is 6.08 Å². The van der Waals surface area contributed by atoms with E-state index in [0.29, 0.717) is 6.08 Å². The Morgan fingerprint density at radius 3 is 2.36 bits per heavy atom. The Morgan fingerprint density at radius 2 is 1.82 bits per heavy atom. The molecule has 58 valence electrons. The van der Waals surface area contributed by atoms with Crippen LogP contribution in [0.25, 0.3) is 6.08 Å². The van der Waals surface area contributed by atoms with Gasteiger partial charge in [0.15, 0.2) is 0 Å². The average molecular weight is 158 g/mol. The summed E-state index contributed by atoms with van der Waals surface area (Å²) in [6.45, 7) is 0. The van der Waals surface area contributed by atoms with Crippen LogP contribution in [0.4, 0.5) is 13.2 Å². The smallest absolute Gasteiger partial charge is 0.206 e. The lowest BCUT2D eigenvalue weighted by Crippen LogP contribution is -1.79. The minimum atomic E-state index is -1.89. The molecule has 1 aromatic rings. The summed E-state index contributed by atoms with van der Waals surface area (Å²) in [5, 5.41) is 0. The molecule has 0 radical (unpaired) electrons. The van der Waals surface area contributed by atoms with Crippen molar-refractivity contribution in [3.63, 3.8) is 0 Å². The summed E-state index contributed by atoms with van der Waals surface area (Å²) in [5.74, 6) is -0.639. The molecule has 0 fully saturated rings. The molecule has 0 N–H and O–H groups in total. The van der Waals surface area contributed by atoms with Crippen molar-refractivity contribution in [3.05, 3.63) is 41.7 Å². The second-order valence-corrected chi connectivity index (χ2v) is 1.96. The maximum Gasteiger partial charge on any atom is 0.271 e. The van der Waals surface area contributed by atoms with Crippen LogP contribution >= 0.6 is 0 Å². The van der Waals surface area contributed by atoms with Gasteiger partial charge in [0.2, 0.25) is 0 Å². The van der Waals surface area contributed by atoms with Crippen molar-refractivity contribution in [1.29, 1.82) is 0 Å². The first-order valence-corrected chi connectivity index (χ1v) is 2.97. The lowest BCUT2D eigenvalue weighted by molar-refractivity contribution is 0.429. The van der Waals surface area contributed by atoms with E-state index in [4.69, 9.17) is 0 Å². The largest absolute Gasteiger partial charge is 0.271 e. The second kappa shape index (κ2) is 3.23. The van der Waals surface area contributed by atoms with Crippen LogP contribution in [0.5, 0.6) is 0 Å². The van der Waals surface area contributed by atoms with Gasteiger partial charge in [-0.25, -0.2) is 4.39 Å². The van der Waals surface area contributed by atoms with Gasteiger partial charge in [-0.2, -0.15) is 8.78 Å². The molecule has 0 heterocycles. The molecule has 0 bridgehead atoms. The third kappa shape index (κ3) is 2.11. The van der Waals surface area contributed by atoms with Gasteiger partial charge in [-0.15, -0.1) is 0 Å². The molecule has 0 saturated carbocycles. The van der Waals surface area contributed by atoms with Gasteiger partial charge in [-0.3, -0.25) is 0 Å². The molecule has 0 saturated heterocycles. The highest BCUT2D eigenvalue weighted by molar-refractivity contribution is 5.50. The van der Waals surface area contributed by atoms with Gasteiger partial charge in [0.05, 0.1) is 0 Å². The van der Waals surface area contributed by atoms with Crippen LogP contribution in [0.1, 0.15) is 5.56 Å². The summed E-state index contributed by atoms with van der Waals surface area (Å²) in [6.07, 6.45) is -1.40. The predicted octanol–water partition coefficient (Wildman–Crippen LogP) is 3.06. The van der Waals surface area contributed by atoms with Crippen LogP contribution < -0.4 is 0 Å². The van der Waals surface area contributed by atoms with E-state index in [1.807, 2.05) is 0 Å². The third-order valence-electron chi connectivity index (χ3n) is 1.17. The van der Waals surface area contributed by atoms with Crippen molar-refractivity contribution in [2.24, 2.45) is 0 Å². The summed E-state index contributed by atoms with van der Waals surface area (Å²) in [6, 6.07) is 5.37. The fourth-order valence-electron chi connectivity index (χ4n) is 0.710. The number of benzene rings is 1. The van der Waals surface area contributed by atoms with E-state index in [2.05, 4.69) is 0 Å². The van der Waals surface area contributed by atoms with E-state index in [9.17, 15) is 13.2 Å². The molecule has 0 aliphatic carbocycles. The van der Waals surface area contributed by atoms with Crippen LogP contribution in [0.2, 0.25) is 0 Å². The Balaban J connectivity index is 3.04. The lowest BCUT2D eigenvalue weighted by Gasteiger charge is -1.92. The van der Waals surface area contributed by atoms with Crippen LogP contribution in [0.15, 0.2) is 30.3 Å². The molecule has 0 aliphatic rings. The molecule has 0 spiro atoms. The Morgan fingerprint density at radius 1 is 1.18 bits per heavy atom. The summed E-state index contributed by atoms with van der Waals surface area (Å²) in [7, 11) is 0. The van der Waals surface area contributed by atoms with Crippen molar-refractivity contribution < 1.29 is 13.2 Å². The zero-order valence-electron chi connectivity index (χ0n) is 5.52. The number of halogens is 3. The maximum atomic E-state index is 12.6. The highest BCUT2D eigenvalue weighted by Crippen LogP contribution is 2.12. The minimum Gasteiger partial charge on any atom is -0.206 e. The fourth-order valence-corrected chi connectivity index (χ4v) is 0.710. The zero-order valence-corrected chi connectivity index (χ0v) is 5.52. The molecule has 1 rings (SSSR count). The normalized spacial score (nSPS) is 9.36. The first kappa shape index (κ1) is 7.85. The minimum absolute atomic E-state index is 0.0903. The first-order valence-electron chi connectivity index (χ1n) is 2.97. The van der Waals surface area contributed by atoms with Gasteiger partial charge in [0, 0.05) is 11.6 Å². The van der Waals surface area contributed by atoms with E-state index in [1.54, 1.807) is 0 Å². The summed E-state index contributed by atoms with van der Waals surface area (Å²) in [5.41, 5.74) is -0.0903. The summed E-state index contributed by atoms with van der Waals surface area (Å²) in [4.78, 5) is 0. The van der Waals surface area contributed by atoms with E-state index in [0.717, 1.165) is 6.07 Å². The van der Waals surface area contributed by atoms with Crippen molar-refractivity contribution in [3.8, 4) is 0 Å². The van der Waals surface area contributed by atoms with Crippen molar-refractivity contribution in [2.75, 3.05) is 0 Å². The lowest BCUT2D eigenvalue weighted by atomic mass is 10.2. The molecule has 0 nitrogen and oxygen atoms in total. The molecular weight excluding hydrogens is 153 g/mol. The van der Waals surface area contributed by atoms with Crippen molar-refractivity contribution in [1.82, 2.24) is 0 Å². The SMILES string of the molecule is FC(F)=Cc1ccccc1F. The summed E-state index contributed by atoms with van der Waals surface area (Å²) < 4.78 is 35.8. The Kier molecular flexibility index (Phi) is 2.31. The highest BCUT2D eigenvalue weighted by atomic mass is 19.3. The molecule has 0 unspecified atom stereocenters.